The molecule has 0 aliphatic carbocycles. The monoisotopic (exact) mass is 354 g/mol. The SMILES string of the molecule is CCCCCCCCCC(CCCC)c1ccc(S(=O)(=O)O)cc1. The van der Waals surface area contributed by atoms with Crippen LogP contribution in [0.2, 0.25) is 0 Å². The maximum atomic E-state index is 11.2. The van der Waals surface area contributed by atoms with Gasteiger partial charge in [0.25, 0.3) is 10.1 Å². The third-order valence-corrected chi connectivity index (χ3v) is 5.58. The number of rotatable bonds is 13. The van der Waals surface area contributed by atoms with Crippen molar-refractivity contribution in [2.45, 2.75) is 95.3 Å². The van der Waals surface area contributed by atoms with E-state index in [1.807, 2.05) is 12.1 Å². The second-order valence-corrected chi connectivity index (χ2v) is 8.21. The Morgan fingerprint density at radius 3 is 1.83 bits per heavy atom. The van der Waals surface area contributed by atoms with Gasteiger partial charge in [0, 0.05) is 0 Å². The molecule has 0 heterocycles. The maximum Gasteiger partial charge on any atom is 0.294 e. The molecule has 1 aromatic carbocycles. The molecule has 0 aromatic heterocycles. The van der Waals surface area contributed by atoms with Crippen LogP contribution >= 0.6 is 0 Å². The highest BCUT2D eigenvalue weighted by Gasteiger charge is 2.14. The Kier molecular flexibility index (Phi) is 10.3. The van der Waals surface area contributed by atoms with Crippen molar-refractivity contribution in [3.05, 3.63) is 29.8 Å². The quantitative estimate of drug-likeness (QED) is 0.332. The smallest absolute Gasteiger partial charge is 0.282 e. The summed E-state index contributed by atoms with van der Waals surface area (Å²) in [6.07, 6.45) is 13.9. The van der Waals surface area contributed by atoms with Gasteiger partial charge in [0.1, 0.15) is 0 Å². The minimum Gasteiger partial charge on any atom is -0.282 e. The molecule has 1 rings (SSSR count). The van der Waals surface area contributed by atoms with Gasteiger partial charge >= 0.3 is 0 Å². The van der Waals surface area contributed by atoms with E-state index >= 15 is 0 Å². The highest BCUT2D eigenvalue weighted by atomic mass is 32.2. The van der Waals surface area contributed by atoms with Gasteiger partial charge in [-0.15, -0.1) is 0 Å². The summed E-state index contributed by atoms with van der Waals surface area (Å²) in [5.74, 6) is 0.496. The molecule has 0 aliphatic heterocycles. The van der Waals surface area contributed by atoms with Gasteiger partial charge in [-0.25, -0.2) is 0 Å². The molecule has 0 fully saturated rings. The van der Waals surface area contributed by atoms with E-state index in [1.165, 1.54) is 81.9 Å². The predicted octanol–water partition coefficient (Wildman–Crippen LogP) is 6.35. The summed E-state index contributed by atoms with van der Waals surface area (Å²) in [6, 6.07) is 6.78. The summed E-state index contributed by atoms with van der Waals surface area (Å²) in [7, 11) is -4.09. The molecule has 0 saturated heterocycles. The lowest BCUT2D eigenvalue weighted by Crippen LogP contribution is -2.02. The summed E-state index contributed by atoms with van der Waals surface area (Å²) in [4.78, 5) is -0.0172. The van der Waals surface area contributed by atoms with Crippen molar-refractivity contribution in [3.63, 3.8) is 0 Å². The fourth-order valence-corrected chi connectivity index (χ4v) is 3.67. The van der Waals surface area contributed by atoms with E-state index in [9.17, 15) is 8.42 Å². The largest absolute Gasteiger partial charge is 0.294 e. The Morgan fingerprint density at radius 1 is 0.792 bits per heavy atom. The van der Waals surface area contributed by atoms with Crippen LogP contribution in [0.4, 0.5) is 0 Å². The minimum atomic E-state index is -4.09. The van der Waals surface area contributed by atoms with Crippen LogP contribution in [-0.2, 0) is 10.1 Å². The van der Waals surface area contributed by atoms with E-state index in [0.29, 0.717) is 5.92 Å². The van der Waals surface area contributed by atoms with Gasteiger partial charge in [-0.3, -0.25) is 4.55 Å². The fourth-order valence-electron chi connectivity index (χ4n) is 3.19. The van der Waals surface area contributed by atoms with E-state index in [0.717, 1.165) is 6.42 Å². The molecule has 0 amide bonds. The maximum absolute atomic E-state index is 11.2. The normalized spacial score (nSPS) is 13.1. The van der Waals surface area contributed by atoms with Gasteiger partial charge < -0.3 is 0 Å². The average Bonchev–Trinajstić information content (AvgIpc) is 2.56. The number of unbranched alkanes of at least 4 members (excludes halogenated alkanes) is 7. The Labute approximate surface area is 148 Å². The van der Waals surface area contributed by atoms with Gasteiger partial charge in [0.2, 0.25) is 0 Å². The summed E-state index contributed by atoms with van der Waals surface area (Å²) >= 11 is 0. The van der Waals surface area contributed by atoms with E-state index < -0.39 is 10.1 Å². The van der Waals surface area contributed by atoms with Crippen LogP contribution in [0.15, 0.2) is 29.2 Å². The summed E-state index contributed by atoms with van der Waals surface area (Å²) in [6.45, 7) is 4.44. The van der Waals surface area contributed by atoms with E-state index in [4.69, 9.17) is 4.55 Å². The molecule has 3 nitrogen and oxygen atoms in total. The first-order valence-electron chi connectivity index (χ1n) is 9.56. The van der Waals surface area contributed by atoms with Gasteiger partial charge in [0.05, 0.1) is 4.90 Å². The molecule has 1 atom stereocenters. The zero-order chi connectivity index (χ0) is 17.8. The first kappa shape index (κ1) is 21.2. The minimum absolute atomic E-state index is 0.0172. The first-order chi connectivity index (χ1) is 11.5. The lowest BCUT2D eigenvalue weighted by atomic mass is 9.88. The molecule has 0 saturated carbocycles. The van der Waals surface area contributed by atoms with Crippen molar-refractivity contribution in [2.75, 3.05) is 0 Å². The van der Waals surface area contributed by atoms with Gasteiger partial charge in [-0.2, -0.15) is 8.42 Å². The van der Waals surface area contributed by atoms with Crippen LogP contribution < -0.4 is 0 Å². The summed E-state index contributed by atoms with van der Waals surface area (Å²) in [5.41, 5.74) is 1.20. The van der Waals surface area contributed by atoms with E-state index in [2.05, 4.69) is 13.8 Å². The van der Waals surface area contributed by atoms with E-state index in [1.54, 1.807) is 0 Å². The molecule has 0 radical (unpaired) electrons. The van der Waals surface area contributed by atoms with Crippen molar-refractivity contribution < 1.29 is 13.0 Å². The Balaban J connectivity index is 2.52. The molecule has 1 N–H and O–H groups in total. The molecule has 0 bridgehead atoms. The number of hydrogen-bond donors (Lipinski definition) is 1. The van der Waals surface area contributed by atoms with Crippen LogP contribution in [0, 0.1) is 0 Å². The fraction of sp³-hybridized carbons (Fsp3) is 0.700. The third kappa shape index (κ3) is 8.29. The van der Waals surface area contributed by atoms with Crippen LogP contribution in [0.1, 0.15) is 96.0 Å². The molecular weight excluding hydrogens is 320 g/mol. The van der Waals surface area contributed by atoms with Crippen molar-refractivity contribution in [2.24, 2.45) is 0 Å². The second-order valence-electron chi connectivity index (χ2n) is 6.79. The molecule has 4 heteroatoms. The standard InChI is InChI=1S/C20H34O3S/c1-3-5-7-8-9-10-11-13-18(12-6-4-2)19-14-16-20(17-15-19)24(21,22)23/h14-18H,3-13H2,1-2H3,(H,21,22,23). The van der Waals surface area contributed by atoms with Crippen molar-refractivity contribution in [1.82, 2.24) is 0 Å². The van der Waals surface area contributed by atoms with Crippen LogP contribution in [0.5, 0.6) is 0 Å². The molecule has 1 aromatic rings. The van der Waals surface area contributed by atoms with Crippen molar-refractivity contribution in [3.8, 4) is 0 Å². The topological polar surface area (TPSA) is 54.4 Å². The lowest BCUT2D eigenvalue weighted by Gasteiger charge is -2.17. The Hall–Kier alpha value is -0.870. The molecule has 1 unspecified atom stereocenters. The molecular formula is C20H34O3S. The third-order valence-electron chi connectivity index (χ3n) is 4.71. The van der Waals surface area contributed by atoms with Crippen molar-refractivity contribution in [1.29, 1.82) is 0 Å². The van der Waals surface area contributed by atoms with Gasteiger partial charge in [-0.1, -0.05) is 83.8 Å². The zero-order valence-electron chi connectivity index (χ0n) is 15.3. The van der Waals surface area contributed by atoms with E-state index in [-0.39, 0.29) is 4.90 Å². The molecule has 0 spiro atoms. The lowest BCUT2D eigenvalue weighted by molar-refractivity contribution is 0.482. The number of hydrogen-bond acceptors (Lipinski definition) is 2. The first-order valence-corrected chi connectivity index (χ1v) is 11.0. The van der Waals surface area contributed by atoms with Crippen LogP contribution in [0.25, 0.3) is 0 Å². The Bertz CT molecular complexity index is 535. The predicted molar refractivity (Wildman–Crippen MR) is 101 cm³/mol. The number of benzene rings is 1. The van der Waals surface area contributed by atoms with Gasteiger partial charge in [0.15, 0.2) is 0 Å². The van der Waals surface area contributed by atoms with Crippen molar-refractivity contribution >= 4 is 10.1 Å². The molecule has 0 aliphatic rings. The van der Waals surface area contributed by atoms with Crippen LogP contribution in [-0.4, -0.2) is 13.0 Å². The molecule has 138 valence electrons. The second kappa shape index (κ2) is 11.6. The Morgan fingerprint density at radius 2 is 1.29 bits per heavy atom. The summed E-state index contributed by atoms with van der Waals surface area (Å²) in [5, 5.41) is 0. The highest BCUT2D eigenvalue weighted by Crippen LogP contribution is 2.29. The highest BCUT2D eigenvalue weighted by molar-refractivity contribution is 7.85. The summed E-state index contributed by atoms with van der Waals surface area (Å²) < 4.78 is 31.4. The average molecular weight is 355 g/mol. The van der Waals surface area contributed by atoms with Gasteiger partial charge in [-0.05, 0) is 36.5 Å². The molecule has 24 heavy (non-hydrogen) atoms. The van der Waals surface area contributed by atoms with Crippen LogP contribution in [0.3, 0.4) is 0 Å². The zero-order valence-corrected chi connectivity index (χ0v) is 16.2.